The molecule has 0 heterocycles. The molecule has 0 saturated heterocycles. The van der Waals surface area contributed by atoms with E-state index >= 15 is 0 Å². The summed E-state index contributed by atoms with van der Waals surface area (Å²) in [6.07, 6.45) is 5.55. The van der Waals surface area contributed by atoms with Crippen LogP contribution in [0.2, 0.25) is 0 Å². The molecule has 0 aromatic heterocycles. The highest BCUT2D eigenvalue weighted by molar-refractivity contribution is 5.86. The average molecular weight is 209 g/mol. The number of nitrogens with two attached hydrogens (primary N) is 1. The lowest BCUT2D eigenvalue weighted by molar-refractivity contribution is -0.125. The first-order chi connectivity index (χ1) is 7.06. The Morgan fingerprint density at radius 3 is 2.67 bits per heavy atom. The third kappa shape index (κ3) is 3.16. The number of Topliss-reactive ketones (excluding diaryl/α,β-unsaturated/α-hetero) is 1. The van der Waals surface area contributed by atoms with Gasteiger partial charge in [0.25, 0.3) is 0 Å². The van der Waals surface area contributed by atoms with Crippen LogP contribution in [0, 0.1) is 17.8 Å². The average Bonchev–Trinajstić information content (AvgIpc) is 2.21. The first-order valence-corrected chi connectivity index (χ1v) is 5.96. The van der Waals surface area contributed by atoms with Crippen LogP contribution in [0.5, 0.6) is 0 Å². The molecular formula is C13H23NO. The summed E-state index contributed by atoms with van der Waals surface area (Å²) in [5.74, 6) is 1.85. The predicted octanol–water partition coefficient (Wildman–Crippen LogP) is 2.53. The summed E-state index contributed by atoms with van der Waals surface area (Å²) in [5.41, 5.74) is 5.82. The second-order valence-electron chi connectivity index (χ2n) is 5.00. The van der Waals surface area contributed by atoms with E-state index in [0.717, 1.165) is 18.8 Å². The van der Waals surface area contributed by atoms with Gasteiger partial charge >= 0.3 is 0 Å². The predicted molar refractivity (Wildman–Crippen MR) is 63.5 cm³/mol. The SMILES string of the molecule is C=CCC(N)C(=O)C1CCC(C)C(C)C1. The van der Waals surface area contributed by atoms with Crippen molar-refractivity contribution in [2.45, 2.75) is 45.6 Å². The Morgan fingerprint density at radius 2 is 2.13 bits per heavy atom. The molecule has 0 bridgehead atoms. The zero-order valence-electron chi connectivity index (χ0n) is 9.91. The van der Waals surface area contributed by atoms with E-state index in [9.17, 15) is 4.79 Å². The lowest BCUT2D eigenvalue weighted by atomic mass is 9.73. The summed E-state index contributed by atoms with van der Waals surface area (Å²) in [6, 6.07) is -0.326. The van der Waals surface area contributed by atoms with Crippen LogP contribution in [0.1, 0.15) is 39.5 Å². The minimum absolute atomic E-state index is 0.200. The van der Waals surface area contributed by atoms with Crippen molar-refractivity contribution >= 4 is 5.78 Å². The number of carbonyl (C=O) groups excluding carboxylic acids is 1. The van der Waals surface area contributed by atoms with Crippen molar-refractivity contribution < 1.29 is 4.79 Å². The number of hydrogen-bond donors (Lipinski definition) is 1. The summed E-state index contributed by atoms with van der Waals surface area (Å²) in [4.78, 5) is 12.0. The summed E-state index contributed by atoms with van der Waals surface area (Å²) >= 11 is 0. The molecule has 2 N–H and O–H groups in total. The van der Waals surface area contributed by atoms with Gasteiger partial charge in [0.1, 0.15) is 0 Å². The summed E-state index contributed by atoms with van der Waals surface area (Å²) < 4.78 is 0. The number of hydrogen-bond acceptors (Lipinski definition) is 2. The molecule has 0 amide bonds. The van der Waals surface area contributed by atoms with Crippen molar-refractivity contribution in [3.63, 3.8) is 0 Å². The van der Waals surface area contributed by atoms with Gasteiger partial charge in [0.05, 0.1) is 6.04 Å². The molecule has 0 spiro atoms. The molecule has 4 atom stereocenters. The molecule has 1 aliphatic rings. The fourth-order valence-corrected chi connectivity index (χ4v) is 2.40. The Labute approximate surface area is 92.9 Å². The highest BCUT2D eigenvalue weighted by atomic mass is 16.1. The van der Waals surface area contributed by atoms with Crippen molar-refractivity contribution in [1.29, 1.82) is 0 Å². The first-order valence-electron chi connectivity index (χ1n) is 5.96. The minimum atomic E-state index is -0.326. The smallest absolute Gasteiger partial charge is 0.152 e. The molecule has 1 fully saturated rings. The Balaban J connectivity index is 2.50. The lowest BCUT2D eigenvalue weighted by Crippen LogP contribution is -2.38. The Hall–Kier alpha value is -0.630. The van der Waals surface area contributed by atoms with Crippen LogP contribution in [0.3, 0.4) is 0 Å². The molecular weight excluding hydrogens is 186 g/mol. The van der Waals surface area contributed by atoms with Crippen LogP contribution < -0.4 is 5.73 Å². The number of rotatable bonds is 4. The highest BCUT2D eigenvalue weighted by Gasteiger charge is 2.31. The van der Waals surface area contributed by atoms with Gasteiger partial charge in [-0.1, -0.05) is 19.9 Å². The Bertz CT molecular complexity index is 237. The molecule has 0 aliphatic heterocycles. The van der Waals surface area contributed by atoms with Crippen molar-refractivity contribution in [3.8, 4) is 0 Å². The summed E-state index contributed by atoms with van der Waals surface area (Å²) in [7, 11) is 0. The normalized spacial score (nSPS) is 33.4. The fourth-order valence-electron chi connectivity index (χ4n) is 2.40. The van der Waals surface area contributed by atoms with E-state index in [1.54, 1.807) is 6.08 Å². The molecule has 15 heavy (non-hydrogen) atoms. The van der Waals surface area contributed by atoms with Gasteiger partial charge in [-0.05, 0) is 37.5 Å². The number of carbonyl (C=O) groups is 1. The molecule has 2 nitrogen and oxygen atoms in total. The quantitative estimate of drug-likeness (QED) is 0.723. The van der Waals surface area contributed by atoms with E-state index < -0.39 is 0 Å². The van der Waals surface area contributed by atoms with Crippen molar-refractivity contribution in [2.24, 2.45) is 23.5 Å². The topological polar surface area (TPSA) is 43.1 Å². The number of ketones is 1. The van der Waals surface area contributed by atoms with Gasteiger partial charge in [-0.2, -0.15) is 0 Å². The van der Waals surface area contributed by atoms with Crippen molar-refractivity contribution in [1.82, 2.24) is 0 Å². The van der Waals surface area contributed by atoms with Crippen LogP contribution in [-0.2, 0) is 4.79 Å². The van der Waals surface area contributed by atoms with Crippen molar-refractivity contribution in [3.05, 3.63) is 12.7 Å². The molecule has 2 heteroatoms. The molecule has 4 unspecified atom stereocenters. The summed E-state index contributed by atoms with van der Waals surface area (Å²) in [5, 5.41) is 0. The van der Waals surface area contributed by atoms with E-state index in [2.05, 4.69) is 20.4 Å². The lowest BCUT2D eigenvalue weighted by Gasteiger charge is -2.32. The van der Waals surface area contributed by atoms with Crippen LogP contribution in [0.25, 0.3) is 0 Å². The zero-order chi connectivity index (χ0) is 11.4. The zero-order valence-corrected chi connectivity index (χ0v) is 9.91. The monoisotopic (exact) mass is 209 g/mol. The molecule has 1 rings (SSSR count). The Morgan fingerprint density at radius 1 is 1.47 bits per heavy atom. The maximum atomic E-state index is 12.0. The van der Waals surface area contributed by atoms with Crippen LogP contribution in [0.4, 0.5) is 0 Å². The van der Waals surface area contributed by atoms with Crippen molar-refractivity contribution in [2.75, 3.05) is 0 Å². The third-order valence-corrected chi connectivity index (χ3v) is 3.79. The maximum absolute atomic E-state index is 12.0. The third-order valence-electron chi connectivity index (χ3n) is 3.79. The fraction of sp³-hybridized carbons (Fsp3) is 0.769. The molecule has 0 radical (unpaired) electrons. The van der Waals surface area contributed by atoms with Gasteiger partial charge in [0.2, 0.25) is 0 Å². The molecule has 1 aliphatic carbocycles. The minimum Gasteiger partial charge on any atom is -0.321 e. The van der Waals surface area contributed by atoms with E-state index in [1.807, 2.05) is 0 Å². The van der Waals surface area contributed by atoms with Crippen LogP contribution >= 0.6 is 0 Å². The first kappa shape index (κ1) is 12.4. The van der Waals surface area contributed by atoms with Gasteiger partial charge in [0, 0.05) is 5.92 Å². The highest BCUT2D eigenvalue weighted by Crippen LogP contribution is 2.34. The van der Waals surface area contributed by atoms with Crippen LogP contribution in [-0.4, -0.2) is 11.8 Å². The molecule has 86 valence electrons. The van der Waals surface area contributed by atoms with Crippen LogP contribution in [0.15, 0.2) is 12.7 Å². The van der Waals surface area contributed by atoms with Gasteiger partial charge in [-0.15, -0.1) is 6.58 Å². The largest absolute Gasteiger partial charge is 0.321 e. The Kier molecular flexibility index (Phi) is 4.52. The van der Waals surface area contributed by atoms with E-state index in [-0.39, 0.29) is 17.7 Å². The van der Waals surface area contributed by atoms with E-state index in [0.29, 0.717) is 12.3 Å². The van der Waals surface area contributed by atoms with E-state index in [1.165, 1.54) is 6.42 Å². The van der Waals surface area contributed by atoms with Gasteiger partial charge < -0.3 is 5.73 Å². The second-order valence-corrected chi connectivity index (χ2v) is 5.00. The molecule has 0 aromatic rings. The molecule has 0 aromatic carbocycles. The second kappa shape index (κ2) is 5.45. The standard InChI is InChI=1S/C13H23NO/c1-4-5-12(14)13(15)11-7-6-9(2)10(3)8-11/h4,9-12H,1,5-8,14H2,2-3H3. The van der Waals surface area contributed by atoms with Gasteiger partial charge in [0.15, 0.2) is 5.78 Å². The van der Waals surface area contributed by atoms with Gasteiger partial charge in [-0.25, -0.2) is 0 Å². The summed E-state index contributed by atoms with van der Waals surface area (Å²) in [6.45, 7) is 8.14. The van der Waals surface area contributed by atoms with Gasteiger partial charge in [-0.3, -0.25) is 4.79 Å². The van der Waals surface area contributed by atoms with E-state index in [4.69, 9.17) is 5.73 Å². The maximum Gasteiger partial charge on any atom is 0.152 e. The molecule has 1 saturated carbocycles.